The van der Waals surface area contributed by atoms with Crippen LogP contribution in [0.1, 0.15) is 36.7 Å². The Bertz CT molecular complexity index is 586. The number of pyridine rings is 1. The molecule has 0 aliphatic carbocycles. The van der Waals surface area contributed by atoms with Crippen LogP contribution in [0.4, 0.5) is 0 Å². The van der Waals surface area contributed by atoms with Crippen molar-refractivity contribution >= 4 is 17.2 Å². The van der Waals surface area contributed by atoms with Crippen molar-refractivity contribution in [2.24, 2.45) is 5.73 Å². The van der Waals surface area contributed by atoms with E-state index in [1.54, 1.807) is 4.68 Å². The summed E-state index contributed by atoms with van der Waals surface area (Å²) in [6.45, 7) is 6.13. The Balaban J connectivity index is 2.46. The van der Waals surface area contributed by atoms with E-state index < -0.39 is 0 Å². The second-order valence-electron chi connectivity index (χ2n) is 4.56. The lowest BCUT2D eigenvalue weighted by molar-refractivity contribution is 0.756. The highest BCUT2D eigenvalue weighted by molar-refractivity contribution is 7.80. The second kappa shape index (κ2) is 4.86. The first-order chi connectivity index (χ1) is 8.47. The van der Waals surface area contributed by atoms with Gasteiger partial charge in [-0.15, -0.1) is 0 Å². The van der Waals surface area contributed by atoms with Crippen molar-refractivity contribution in [3.05, 3.63) is 41.3 Å². The van der Waals surface area contributed by atoms with Crippen molar-refractivity contribution in [2.75, 3.05) is 0 Å². The van der Waals surface area contributed by atoms with Crippen molar-refractivity contribution in [1.82, 2.24) is 14.8 Å². The number of hydrogen-bond donors (Lipinski definition) is 1. The number of hydrogen-bond acceptors (Lipinski definition) is 3. The summed E-state index contributed by atoms with van der Waals surface area (Å²) in [6, 6.07) is 5.72. The fourth-order valence-electron chi connectivity index (χ4n) is 1.68. The maximum atomic E-state index is 5.66. The first-order valence-electron chi connectivity index (χ1n) is 5.82. The van der Waals surface area contributed by atoms with Crippen molar-refractivity contribution in [1.29, 1.82) is 0 Å². The topological polar surface area (TPSA) is 56.7 Å². The molecule has 2 heterocycles. The molecule has 0 radical (unpaired) electrons. The third kappa shape index (κ3) is 2.56. The number of aromatic nitrogens is 3. The minimum absolute atomic E-state index is 0.373. The van der Waals surface area contributed by atoms with E-state index in [-0.39, 0.29) is 0 Å². The predicted octanol–water partition coefficient (Wildman–Crippen LogP) is 2.33. The quantitative estimate of drug-likeness (QED) is 0.861. The summed E-state index contributed by atoms with van der Waals surface area (Å²) in [7, 11) is 0. The van der Waals surface area contributed by atoms with Crippen LogP contribution in [-0.2, 0) is 0 Å². The molecule has 94 valence electrons. The van der Waals surface area contributed by atoms with E-state index >= 15 is 0 Å². The molecule has 2 N–H and O–H groups in total. The minimum Gasteiger partial charge on any atom is -0.389 e. The van der Waals surface area contributed by atoms with Gasteiger partial charge in [0, 0.05) is 17.5 Å². The molecule has 4 nitrogen and oxygen atoms in total. The monoisotopic (exact) mass is 260 g/mol. The summed E-state index contributed by atoms with van der Waals surface area (Å²) in [5.41, 5.74) is 8.38. The van der Waals surface area contributed by atoms with E-state index in [1.807, 2.05) is 31.3 Å². The van der Waals surface area contributed by atoms with Crippen molar-refractivity contribution < 1.29 is 0 Å². The van der Waals surface area contributed by atoms with Gasteiger partial charge >= 0.3 is 0 Å². The molecule has 0 atom stereocenters. The zero-order valence-electron chi connectivity index (χ0n) is 10.7. The lowest BCUT2D eigenvalue weighted by Crippen LogP contribution is -2.12. The van der Waals surface area contributed by atoms with Gasteiger partial charge in [0.25, 0.3) is 0 Å². The number of aryl methyl sites for hydroxylation is 1. The molecule has 0 aliphatic rings. The second-order valence-corrected chi connectivity index (χ2v) is 5.00. The van der Waals surface area contributed by atoms with E-state index in [9.17, 15) is 0 Å². The molecule has 2 aromatic heterocycles. The van der Waals surface area contributed by atoms with Gasteiger partial charge in [-0.25, -0.2) is 9.67 Å². The van der Waals surface area contributed by atoms with E-state index in [1.165, 1.54) is 0 Å². The van der Waals surface area contributed by atoms with Crippen molar-refractivity contribution in [2.45, 2.75) is 26.7 Å². The molecule has 0 bridgehead atoms. The van der Waals surface area contributed by atoms with Crippen molar-refractivity contribution in [3.63, 3.8) is 0 Å². The highest BCUT2D eigenvalue weighted by Crippen LogP contribution is 2.14. The third-order valence-electron chi connectivity index (χ3n) is 2.66. The zero-order chi connectivity index (χ0) is 13.3. The van der Waals surface area contributed by atoms with Crippen LogP contribution >= 0.6 is 12.2 Å². The fourth-order valence-corrected chi connectivity index (χ4v) is 1.80. The number of thiocarbonyl (C=S) groups is 1. The molecule has 0 aliphatic heterocycles. The molecule has 0 saturated carbocycles. The van der Waals surface area contributed by atoms with Gasteiger partial charge in [-0.3, -0.25) is 0 Å². The molecule has 0 unspecified atom stereocenters. The summed E-state index contributed by atoms with van der Waals surface area (Å²) in [4.78, 5) is 4.82. The molecule has 2 aromatic rings. The molecule has 5 heteroatoms. The highest BCUT2D eigenvalue weighted by Gasteiger charge is 2.08. The summed E-state index contributed by atoms with van der Waals surface area (Å²) < 4.78 is 1.75. The molecule has 0 amide bonds. The zero-order valence-corrected chi connectivity index (χ0v) is 11.5. The minimum atomic E-state index is 0.373. The Kier molecular flexibility index (Phi) is 3.43. The Morgan fingerprint density at radius 1 is 1.39 bits per heavy atom. The Morgan fingerprint density at radius 2 is 2.11 bits per heavy atom. The Hall–Kier alpha value is -1.75. The molecule has 0 saturated heterocycles. The molecular formula is C13H16N4S. The van der Waals surface area contributed by atoms with Gasteiger partial charge in [0.2, 0.25) is 0 Å². The van der Waals surface area contributed by atoms with Crippen LogP contribution < -0.4 is 5.73 Å². The van der Waals surface area contributed by atoms with Gasteiger partial charge < -0.3 is 5.73 Å². The summed E-state index contributed by atoms with van der Waals surface area (Å²) in [5.74, 6) is 1.14. The van der Waals surface area contributed by atoms with Crippen LogP contribution in [0.2, 0.25) is 0 Å². The van der Waals surface area contributed by atoms with Gasteiger partial charge in [0.05, 0.1) is 5.69 Å². The van der Waals surface area contributed by atoms with Crippen LogP contribution in [0.5, 0.6) is 0 Å². The van der Waals surface area contributed by atoms with Gasteiger partial charge in [-0.2, -0.15) is 5.10 Å². The Morgan fingerprint density at radius 3 is 2.67 bits per heavy atom. The average molecular weight is 260 g/mol. The van der Waals surface area contributed by atoms with E-state index in [4.69, 9.17) is 18.0 Å². The Labute approximate surface area is 112 Å². The normalized spacial score (nSPS) is 10.9. The van der Waals surface area contributed by atoms with Crippen molar-refractivity contribution in [3.8, 4) is 5.82 Å². The molecule has 0 spiro atoms. The number of nitrogens with zero attached hydrogens (tertiary/aromatic N) is 3. The van der Waals surface area contributed by atoms with Gasteiger partial charge in [-0.1, -0.05) is 26.1 Å². The number of rotatable bonds is 3. The van der Waals surface area contributed by atoms with Crippen LogP contribution in [0.15, 0.2) is 24.4 Å². The average Bonchev–Trinajstić information content (AvgIpc) is 2.77. The first kappa shape index (κ1) is 12.7. The van der Waals surface area contributed by atoms with Crippen LogP contribution in [0, 0.1) is 6.92 Å². The molecule has 2 rings (SSSR count). The van der Waals surface area contributed by atoms with Gasteiger partial charge in [0.15, 0.2) is 5.82 Å². The lowest BCUT2D eigenvalue weighted by atomic mass is 10.1. The largest absolute Gasteiger partial charge is 0.389 e. The van der Waals surface area contributed by atoms with E-state index in [0.717, 1.165) is 22.8 Å². The van der Waals surface area contributed by atoms with E-state index in [2.05, 4.69) is 23.9 Å². The van der Waals surface area contributed by atoms with Crippen LogP contribution in [0.25, 0.3) is 5.82 Å². The summed E-state index contributed by atoms with van der Waals surface area (Å²) in [5, 5.41) is 4.49. The highest BCUT2D eigenvalue weighted by atomic mass is 32.1. The first-order valence-corrected chi connectivity index (χ1v) is 6.22. The maximum Gasteiger partial charge on any atom is 0.154 e. The van der Waals surface area contributed by atoms with Crippen LogP contribution in [-0.4, -0.2) is 19.8 Å². The number of nitrogens with two attached hydrogens (primary N) is 1. The molecule has 18 heavy (non-hydrogen) atoms. The smallest absolute Gasteiger partial charge is 0.154 e. The SMILES string of the molecule is Cc1cc(C(N)=S)cc(-n2ccc(C(C)C)n2)n1. The van der Waals surface area contributed by atoms with Gasteiger partial charge in [0.1, 0.15) is 4.99 Å². The summed E-state index contributed by atoms with van der Waals surface area (Å²) >= 11 is 5.00. The standard InChI is InChI=1S/C13H16N4S/c1-8(2)11-4-5-17(16-11)12-7-10(13(14)18)6-9(3)15-12/h4-8H,1-3H3,(H2,14,18). The van der Waals surface area contributed by atoms with Gasteiger partial charge in [-0.05, 0) is 31.0 Å². The van der Waals surface area contributed by atoms with E-state index in [0.29, 0.717) is 10.9 Å². The lowest BCUT2D eigenvalue weighted by Gasteiger charge is -2.06. The fraction of sp³-hybridized carbons (Fsp3) is 0.308. The molecular weight excluding hydrogens is 244 g/mol. The van der Waals surface area contributed by atoms with Crippen LogP contribution in [0.3, 0.4) is 0 Å². The predicted molar refractivity (Wildman–Crippen MR) is 76.1 cm³/mol. The molecule has 0 fully saturated rings. The maximum absolute atomic E-state index is 5.66. The molecule has 0 aromatic carbocycles. The third-order valence-corrected chi connectivity index (χ3v) is 2.90. The summed E-state index contributed by atoms with van der Waals surface area (Å²) in [6.07, 6.45) is 1.90.